The molecule has 2 fully saturated rings. The number of rotatable bonds is 11. The van der Waals surface area contributed by atoms with Gasteiger partial charge in [-0.05, 0) is 31.7 Å². The summed E-state index contributed by atoms with van der Waals surface area (Å²) in [6.45, 7) is 2.09. The first-order valence-electron chi connectivity index (χ1n) is 10.2. The van der Waals surface area contributed by atoms with Crippen LogP contribution in [-0.4, -0.2) is 29.2 Å². The van der Waals surface area contributed by atoms with Gasteiger partial charge in [0.15, 0.2) is 6.29 Å². The van der Waals surface area contributed by atoms with Crippen molar-refractivity contribution in [3.63, 3.8) is 0 Å². The van der Waals surface area contributed by atoms with Gasteiger partial charge in [-0.25, -0.2) is 0 Å². The van der Waals surface area contributed by atoms with Crippen LogP contribution in [0.4, 0.5) is 0 Å². The lowest BCUT2D eigenvalue weighted by Crippen LogP contribution is -2.38. The maximum Gasteiger partial charge on any atom is 0.184 e. The molecule has 0 bridgehead atoms. The Morgan fingerprint density at radius 1 is 0.960 bits per heavy atom. The van der Waals surface area contributed by atoms with E-state index in [0.717, 1.165) is 12.8 Å². The average molecular weight is 347 g/mol. The summed E-state index contributed by atoms with van der Waals surface area (Å²) >= 11 is 0. The molecule has 2 heterocycles. The average Bonchev–Trinajstić information content (AvgIpc) is 3.30. The number of hydrogen-bond acceptors (Lipinski definition) is 3. The number of aryl methyl sites for hydroxylation is 1. The summed E-state index contributed by atoms with van der Waals surface area (Å²) in [6.07, 6.45) is 13.1. The SMILES string of the molecule is C[C@@]12C[C@@H](CCCCCCCCCCc3ccccc3)OC(O)[C@@H]1O2. The number of aliphatic hydroxyl groups excluding tert-OH is 1. The van der Waals surface area contributed by atoms with Gasteiger partial charge in [0.05, 0.1) is 11.7 Å². The van der Waals surface area contributed by atoms with Gasteiger partial charge in [-0.2, -0.15) is 0 Å². The van der Waals surface area contributed by atoms with Gasteiger partial charge in [-0.3, -0.25) is 0 Å². The number of benzene rings is 1. The van der Waals surface area contributed by atoms with Gasteiger partial charge in [-0.1, -0.05) is 75.3 Å². The molecule has 1 aromatic rings. The molecule has 3 heteroatoms. The predicted octanol–water partition coefficient (Wildman–Crippen LogP) is 5.00. The van der Waals surface area contributed by atoms with Crippen molar-refractivity contribution in [1.29, 1.82) is 0 Å². The summed E-state index contributed by atoms with van der Waals surface area (Å²) in [7, 11) is 0. The van der Waals surface area contributed by atoms with Crippen molar-refractivity contribution >= 4 is 0 Å². The lowest BCUT2D eigenvalue weighted by Gasteiger charge is -2.27. The van der Waals surface area contributed by atoms with Gasteiger partial charge in [0.1, 0.15) is 6.10 Å². The van der Waals surface area contributed by atoms with Gasteiger partial charge >= 0.3 is 0 Å². The molecule has 1 N–H and O–H groups in total. The second-order valence-corrected chi connectivity index (χ2v) is 8.06. The molecule has 1 aromatic carbocycles. The van der Waals surface area contributed by atoms with E-state index in [9.17, 15) is 5.11 Å². The Bertz CT molecular complexity index is 503. The highest BCUT2D eigenvalue weighted by Crippen LogP contribution is 2.47. The first-order chi connectivity index (χ1) is 12.2. The summed E-state index contributed by atoms with van der Waals surface area (Å²) in [5, 5.41) is 9.82. The molecular formula is C22H34O3. The van der Waals surface area contributed by atoms with E-state index < -0.39 is 6.29 Å². The van der Waals surface area contributed by atoms with Gasteiger partial charge in [-0.15, -0.1) is 0 Å². The number of aliphatic hydroxyl groups is 1. The minimum atomic E-state index is -0.709. The Hall–Kier alpha value is -0.900. The zero-order valence-corrected chi connectivity index (χ0v) is 15.7. The zero-order valence-electron chi connectivity index (χ0n) is 15.7. The molecule has 2 saturated heterocycles. The Morgan fingerprint density at radius 2 is 1.60 bits per heavy atom. The maximum absolute atomic E-state index is 9.82. The first kappa shape index (κ1) is 18.9. The van der Waals surface area contributed by atoms with Crippen molar-refractivity contribution in [2.45, 2.75) is 102 Å². The highest BCUT2D eigenvalue weighted by atomic mass is 16.7. The van der Waals surface area contributed by atoms with E-state index in [1.807, 2.05) is 0 Å². The van der Waals surface area contributed by atoms with E-state index >= 15 is 0 Å². The summed E-state index contributed by atoms with van der Waals surface area (Å²) in [4.78, 5) is 0. The van der Waals surface area contributed by atoms with Gasteiger partial charge in [0.25, 0.3) is 0 Å². The fourth-order valence-electron chi connectivity index (χ4n) is 4.13. The molecular weight excluding hydrogens is 312 g/mol. The molecule has 0 radical (unpaired) electrons. The number of hydrogen-bond donors (Lipinski definition) is 1. The third-order valence-electron chi connectivity index (χ3n) is 5.75. The predicted molar refractivity (Wildman–Crippen MR) is 100 cm³/mol. The molecule has 0 amide bonds. The second kappa shape index (κ2) is 9.16. The van der Waals surface area contributed by atoms with Crippen molar-refractivity contribution < 1.29 is 14.6 Å². The zero-order chi connectivity index (χ0) is 17.5. The molecule has 2 aliphatic heterocycles. The Balaban J connectivity index is 1.12. The lowest BCUT2D eigenvalue weighted by atomic mass is 9.93. The number of ether oxygens (including phenoxy) is 2. The fourth-order valence-corrected chi connectivity index (χ4v) is 4.13. The van der Waals surface area contributed by atoms with Crippen LogP contribution >= 0.6 is 0 Å². The fraction of sp³-hybridized carbons (Fsp3) is 0.727. The maximum atomic E-state index is 9.82. The topological polar surface area (TPSA) is 42.0 Å². The first-order valence-corrected chi connectivity index (χ1v) is 10.2. The molecule has 0 spiro atoms. The van der Waals surface area contributed by atoms with Crippen LogP contribution in [0.25, 0.3) is 0 Å². The van der Waals surface area contributed by atoms with Crippen molar-refractivity contribution in [2.24, 2.45) is 0 Å². The minimum absolute atomic E-state index is 0.0781. The number of epoxide rings is 1. The molecule has 25 heavy (non-hydrogen) atoms. The monoisotopic (exact) mass is 346 g/mol. The lowest BCUT2D eigenvalue weighted by molar-refractivity contribution is -0.161. The molecule has 1 unspecified atom stereocenters. The molecule has 3 rings (SSSR count). The van der Waals surface area contributed by atoms with E-state index in [4.69, 9.17) is 9.47 Å². The van der Waals surface area contributed by atoms with E-state index in [-0.39, 0.29) is 17.8 Å². The summed E-state index contributed by atoms with van der Waals surface area (Å²) < 4.78 is 11.2. The molecule has 0 aromatic heterocycles. The second-order valence-electron chi connectivity index (χ2n) is 8.06. The van der Waals surface area contributed by atoms with Crippen molar-refractivity contribution in [3.8, 4) is 0 Å². The highest BCUT2D eigenvalue weighted by Gasteiger charge is 2.61. The van der Waals surface area contributed by atoms with Crippen molar-refractivity contribution in [3.05, 3.63) is 35.9 Å². The molecule has 4 atom stereocenters. The number of fused-ring (bicyclic) bond motifs is 1. The van der Waals surface area contributed by atoms with Crippen LogP contribution in [-0.2, 0) is 15.9 Å². The number of unbranched alkanes of at least 4 members (excludes halogenated alkanes) is 7. The van der Waals surface area contributed by atoms with Crippen LogP contribution in [0.5, 0.6) is 0 Å². The van der Waals surface area contributed by atoms with Gasteiger partial charge in [0.2, 0.25) is 0 Å². The third-order valence-corrected chi connectivity index (χ3v) is 5.75. The summed E-state index contributed by atoms with van der Waals surface area (Å²) in [6, 6.07) is 10.8. The minimum Gasteiger partial charge on any atom is -0.366 e. The third kappa shape index (κ3) is 5.80. The van der Waals surface area contributed by atoms with Crippen LogP contribution in [0.2, 0.25) is 0 Å². The van der Waals surface area contributed by atoms with E-state index in [0.29, 0.717) is 0 Å². The van der Waals surface area contributed by atoms with Crippen LogP contribution in [0, 0.1) is 0 Å². The molecule has 2 aliphatic rings. The largest absolute Gasteiger partial charge is 0.366 e. The van der Waals surface area contributed by atoms with Crippen LogP contribution < -0.4 is 0 Å². The van der Waals surface area contributed by atoms with Crippen molar-refractivity contribution in [1.82, 2.24) is 0 Å². The highest BCUT2D eigenvalue weighted by molar-refractivity contribution is 5.14. The van der Waals surface area contributed by atoms with E-state index in [2.05, 4.69) is 37.3 Å². The molecule has 3 nitrogen and oxygen atoms in total. The standard InChI is InChI=1S/C22H34O3/c1-22-17-19(24-21(23)20(22)25-22)16-12-7-5-3-2-4-6-9-13-18-14-10-8-11-15-18/h8,10-11,14-15,19-21,23H,2-7,9,12-13,16-17H2,1H3/t19-,20+,21?,22-/m1/s1. The Labute approximate surface area is 152 Å². The van der Waals surface area contributed by atoms with Crippen molar-refractivity contribution in [2.75, 3.05) is 0 Å². The Morgan fingerprint density at radius 3 is 2.28 bits per heavy atom. The molecule has 0 saturated carbocycles. The molecule has 140 valence electrons. The summed E-state index contributed by atoms with van der Waals surface area (Å²) in [5.41, 5.74) is 1.36. The molecule has 0 aliphatic carbocycles. The smallest absolute Gasteiger partial charge is 0.184 e. The quantitative estimate of drug-likeness (QED) is 0.452. The normalized spacial score (nSPS) is 30.9. The summed E-state index contributed by atoms with van der Waals surface area (Å²) in [5.74, 6) is 0. The van der Waals surface area contributed by atoms with Crippen LogP contribution in [0.3, 0.4) is 0 Å². The van der Waals surface area contributed by atoms with Crippen LogP contribution in [0.1, 0.15) is 76.7 Å². The van der Waals surface area contributed by atoms with Gasteiger partial charge in [0, 0.05) is 6.42 Å². The van der Waals surface area contributed by atoms with Crippen LogP contribution in [0.15, 0.2) is 30.3 Å². The van der Waals surface area contributed by atoms with E-state index in [1.54, 1.807) is 0 Å². The van der Waals surface area contributed by atoms with E-state index in [1.165, 1.54) is 63.4 Å². The Kier molecular flexibility index (Phi) is 6.92. The van der Waals surface area contributed by atoms with Gasteiger partial charge < -0.3 is 14.6 Å².